The van der Waals surface area contributed by atoms with Gasteiger partial charge in [-0.3, -0.25) is 9.10 Å². The number of hydrogen-bond donors (Lipinski definition) is 1. The molecule has 1 N–H and O–H groups in total. The first kappa shape index (κ1) is 19.2. The van der Waals surface area contributed by atoms with E-state index in [9.17, 15) is 17.6 Å². The quantitative estimate of drug-likeness (QED) is 0.827. The van der Waals surface area contributed by atoms with Gasteiger partial charge in [-0.2, -0.15) is 0 Å². The fraction of sp³-hybridized carbons (Fsp3) is 0.235. The largest absolute Gasteiger partial charge is 0.326 e. The van der Waals surface area contributed by atoms with Gasteiger partial charge in [0.25, 0.3) is 0 Å². The van der Waals surface area contributed by atoms with Crippen LogP contribution in [0.2, 0.25) is 5.02 Å². The third-order valence-corrected chi connectivity index (χ3v) is 4.92. The zero-order valence-electron chi connectivity index (χ0n) is 13.8. The lowest BCUT2D eigenvalue weighted by Gasteiger charge is -2.22. The van der Waals surface area contributed by atoms with Gasteiger partial charge in [0.1, 0.15) is 5.82 Å². The first-order valence-electron chi connectivity index (χ1n) is 7.46. The number of benzene rings is 2. The van der Waals surface area contributed by atoms with E-state index in [1.807, 2.05) is 13.0 Å². The van der Waals surface area contributed by atoms with Gasteiger partial charge in [0, 0.05) is 18.7 Å². The van der Waals surface area contributed by atoms with Gasteiger partial charge in [0.15, 0.2) is 0 Å². The predicted molar refractivity (Wildman–Crippen MR) is 98.0 cm³/mol. The Hall–Kier alpha value is -2.12. The molecule has 0 aromatic heterocycles. The second-order valence-electron chi connectivity index (χ2n) is 5.60. The Balaban J connectivity index is 2.07. The molecule has 2 aromatic carbocycles. The number of hydrogen-bond acceptors (Lipinski definition) is 3. The zero-order valence-corrected chi connectivity index (χ0v) is 15.4. The van der Waals surface area contributed by atoms with Crippen LogP contribution < -0.4 is 9.62 Å². The number of carbonyl (C=O) groups excluding carboxylic acids is 1. The lowest BCUT2D eigenvalue weighted by molar-refractivity contribution is -0.116. The Kier molecular flexibility index (Phi) is 6.02. The van der Waals surface area contributed by atoms with E-state index in [0.717, 1.165) is 17.9 Å². The van der Waals surface area contributed by atoms with Gasteiger partial charge in [0.2, 0.25) is 15.9 Å². The highest BCUT2D eigenvalue weighted by Crippen LogP contribution is 2.21. The molecule has 0 unspecified atom stereocenters. The summed E-state index contributed by atoms with van der Waals surface area (Å²) in [6.07, 6.45) is 1.03. The van der Waals surface area contributed by atoms with Crippen molar-refractivity contribution in [2.24, 2.45) is 0 Å². The first-order chi connectivity index (χ1) is 11.7. The molecule has 0 saturated heterocycles. The Morgan fingerprint density at radius 1 is 1.24 bits per heavy atom. The lowest BCUT2D eigenvalue weighted by atomic mass is 10.2. The van der Waals surface area contributed by atoms with Crippen molar-refractivity contribution in [1.82, 2.24) is 0 Å². The van der Waals surface area contributed by atoms with E-state index in [-0.39, 0.29) is 18.0 Å². The Morgan fingerprint density at radius 2 is 1.96 bits per heavy atom. The summed E-state index contributed by atoms with van der Waals surface area (Å²) >= 11 is 5.67. The van der Waals surface area contributed by atoms with E-state index in [4.69, 9.17) is 11.6 Å². The Labute approximate surface area is 151 Å². The number of sulfonamides is 1. The third-order valence-electron chi connectivity index (χ3n) is 3.44. The van der Waals surface area contributed by atoms with E-state index in [0.29, 0.717) is 11.4 Å². The molecule has 25 heavy (non-hydrogen) atoms. The standard InChI is InChI=1S/C17H18ClFN2O3S/c1-12-4-3-5-14(10-12)21(25(2,23)24)9-8-17(22)20-13-6-7-16(19)15(18)11-13/h3-7,10-11H,8-9H2,1-2H3,(H,20,22). The van der Waals surface area contributed by atoms with Crippen LogP contribution in [0.1, 0.15) is 12.0 Å². The second-order valence-corrected chi connectivity index (χ2v) is 7.92. The molecule has 2 rings (SSSR count). The number of rotatable bonds is 6. The SMILES string of the molecule is Cc1cccc(N(CCC(=O)Nc2ccc(F)c(Cl)c2)S(C)(=O)=O)c1. The van der Waals surface area contributed by atoms with Gasteiger partial charge in [-0.25, -0.2) is 12.8 Å². The van der Waals surface area contributed by atoms with E-state index in [1.54, 1.807) is 18.2 Å². The topological polar surface area (TPSA) is 66.5 Å². The molecular weight excluding hydrogens is 367 g/mol. The summed E-state index contributed by atoms with van der Waals surface area (Å²) < 4.78 is 38.4. The van der Waals surface area contributed by atoms with Crippen molar-refractivity contribution in [3.8, 4) is 0 Å². The molecule has 0 aliphatic carbocycles. The van der Waals surface area contributed by atoms with Crippen LogP contribution in [0.5, 0.6) is 0 Å². The monoisotopic (exact) mass is 384 g/mol. The minimum absolute atomic E-state index is 0.0109. The summed E-state index contributed by atoms with van der Waals surface area (Å²) in [5.74, 6) is -0.980. The van der Waals surface area contributed by atoms with Gasteiger partial charge >= 0.3 is 0 Å². The van der Waals surface area contributed by atoms with Gasteiger partial charge in [-0.05, 0) is 42.8 Å². The Bertz CT molecular complexity index is 887. The lowest BCUT2D eigenvalue weighted by Crippen LogP contribution is -2.33. The highest BCUT2D eigenvalue weighted by molar-refractivity contribution is 7.92. The third kappa shape index (κ3) is 5.44. The number of halogens is 2. The second kappa shape index (κ2) is 7.84. The van der Waals surface area contributed by atoms with Crippen molar-refractivity contribution in [1.29, 1.82) is 0 Å². The molecule has 8 heteroatoms. The smallest absolute Gasteiger partial charge is 0.232 e. The van der Waals surface area contributed by atoms with Crippen molar-refractivity contribution in [2.75, 3.05) is 22.4 Å². The van der Waals surface area contributed by atoms with Crippen LogP contribution in [0.3, 0.4) is 0 Å². The van der Waals surface area contributed by atoms with Crippen LogP contribution in [0.25, 0.3) is 0 Å². The van der Waals surface area contributed by atoms with Gasteiger partial charge in [-0.15, -0.1) is 0 Å². The Morgan fingerprint density at radius 3 is 2.56 bits per heavy atom. The fourth-order valence-corrected chi connectivity index (χ4v) is 3.37. The number of amides is 1. The van der Waals surface area contributed by atoms with Gasteiger partial charge in [-0.1, -0.05) is 23.7 Å². The normalized spacial score (nSPS) is 11.2. The molecule has 0 radical (unpaired) electrons. The average Bonchev–Trinajstić information content (AvgIpc) is 2.50. The maximum absolute atomic E-state index is 13.1. The molecule has 2 aromatic rings. The van der Waals surface area contributed by atoms with Crippen LogP contribution in [0.4, 0.5) is 15.8 Å². The highest BCUT2D eigenvalue weighted by Gasteiger charge is 2.18. The maximum Gasteiger partial charge on any atom is 0.232 e. The zero-order chi connectivity index (χ0) is 18.6. The minimum atomic E-state index is -3.53. The van der Waals surface area contributed by atoms with E-state index in [1.165, 1.54) is 16.4 Å². The maximum atomic E-state index is 13.1. The summed E-state index contributed by atoms with van der Waals surface area (Å²) in [5.41, 5.74) is 1.76. The fourth-order valence-electron chi connectivity index (χ4n) is 2.27. The van der Waals surface area contributed by atoms with Crippen molar-refractivity contribution >= 4 is 38.9 Å². The molecule has 0 fully saturated rings. The molecule has 0 aliphatic heterocycles. The number of carbonyl (C=O) groups is 1. The summed E-state index contributed by atoms with van der Waals surface area (Å²) in [6, 6.07) is 10.8. The number of nitrogens with one attached hydrogen (secondary N) is 1. The summed E-state index contributed by atoms with van der Waals surface area (Å²) in [7, 11) is -3.53. The number of anilines is 2. The molecule has 1 amide bonds. The van der Waals surface area contributed by atoms with Crippen LogP contribution >= 0.6 is 11.6 Å². The molecule has 0 saturated carbocycles. The average molecular weight is 385 g/mol. The highest BCUT2D eigenvalue weighted by atomic mass is 35.5. The molecule has 0 aliphatic rings. The number of aryl methyl sites for hydroxylation is 1. The molecule has 5 nitrogen and oxygen atoms in total. The van der Waals surface area contributed by atoms with Crippen molar-refractivity contribution < 1.29 is 17.6 Å². The summed E-state index contributed by atoms with van der Waals surface area (Å²) in [6.45, 7) is 1.85. The van der Waals surface area contributed by atoms with Crippen LogP contribution in [-0.2, 0) is 14.8 Å². The van der Waals surface area contributed by atoms with E-state index in [2.05, 4.69) is 5.32 Å². The van der Waals surface area contributed by atoms with E-state index >= 15 is 0 Å². The van der Waals surface area contributed by atoms with Crippen molar-refractivity contribution in [2.45, 2.75) is 13.3 Å². The summed E-state index contributed by atoms with van der Waals surface area (Å²) in [5, 5.41) is 2.47. The molecule has 134 valence electrons. The summed E-state index contributed by atoms with van der Waals surface area (Å²) in [4.78, 5) is 12.1. The van der Waals surface area contributed by atoms with Crippen molar-refractivity contribution in [3.63, 3.8) is 0 Å². The molecule has 0 bridgehead atoms. The van der Waals surface area contributed by atoms with Gasteiger partial charge in [0.05, 0.1) is 17.0 Å². The molecular formula is C17H18ClFN2O3S. The molecule has 0 heterocycles. The van der Waals surface area contributed by atoms with Crippen LogP contribution in [0, 0.1) is 12.7 Å². The van der Waals surface area contributed by atoms with Crippen molar-refractivity contribution in [3.05, 3.63) is 58.9 Å². The molecule has 0 atom stereocenters. The molecule has 0 spiro atoms. The first-order valence-corrected chi connectivity index (χ1v) is 9.69. The number of nitrogens with zero attached hydrogens (tertiary/aromatic N) is 1. The van der Waals surface area contributed by atoms with E-state index < -0.39 is 21.7 Å². The van der Waals surface area contributed by atoms with Gasteiger partial charge < -0.3 is 5.32 Å². The van der Waals surface area contributed by atoms with Crippen LogP contribution in [-0.4, -0.2) is 27.1 Å². The van der Waals surface area contributed by atoms with Crippen LogP contribution in [0.15, 0.2) is 42.5 Å². The predicted octanol–water partition coefficient (Wildman–Crippen LogP) is 3.58. The minimum Gasteiger partial charge on any atom is -0.326 e.